The minimum atomic E-state index is -4.25. The highest BCUT2D eigenvalue weighted by Crippen LogP contribution is 2.26. The molecule has 10 heteroatoms. The number of likely N-dealkylation sites (N-methyl/N-ethyl adjacent to an activating group) is 1. The van der Waals surface area contributed by atoms with Crippen molar-refractivity contribution in [1.82, 2.24) is 10.2 Å². The zero-order valence-corrected chi connectivity index (χ0v) is 22.4. The van der Waals surface area contributed by atoms with Crippen molar-refractivity contribution >= 4 is 27.5 Å². The standard InChI is InChI=1S/C28H32FN3O5S/c1-4-26(28(34)30-5-2)31(19-21-9-7-6-8-10-21)27(33)20-32(23-13-11-22(29)12-14-23)38(35,36)25-17-15-24(37-3)16-18-25/h6-18,26H,4-5,19-20H2,1-3H3,(H,30,34)/t26-/m1/s1. The fourth-order valence-electron chi connectivity index (χ4n) is 4.00. The highest BCUT2D eigenvalue weighted by atomic mass is 32.2. The van der Waals surface area contributed by atoms with Gasteiger partial charge in [-0.05, 0) is 67.4 Å². The molecule has 1 atom stereocenters. The number of benzene rings is 3. The average Bonchev–Trinajstić information content (AvgIpc) is 2.92. The molecule has 2 amide bonds. The summed E-state index contributed by atoms with van der Waals surface area (Å²) in [6.45, 7) is 3.47. The van der Waals surface area contributed by atoms with Gasteiger partial charge >= 0.3 is 0 Å². The van der Waals surface area contributed by atoms with E-state index in [4.69, 9.17) is 4.74 Å². The molecule has 0 aliphatic rings. The summed E-state index contributed by atoms with van der Waals surface area (Å²) < 4.78 is 47.3. The van der Waals surface area contributed by atoms with Crippen LogP contribution in [0.15, 0.2) is 83.8 Å². The first-order chi connectivity index (χ1) is 18.2. The Kier molecular flexibility index (Phi) is 9.84. The Bertz CT molecular complexity index is 1320. The third-order valence-corrected chi connectivity index (χ3v) is 7.76. The molecule has 0 aliphatic carbocycles. The van der Waals surface area contributed by atoms with E-state index >= 15 is 0 Å². The largest absolute Gasteiger partial charge is 0.497 e. The van der Waals surface area contributed by atoms with Gasteiger partial charge in [0.25, 0.3) is 10.0 Å². The van der Waals surface area contributed by atoms with Gasteiger partial charge < -0.3 is 15.0 Å². The maximum Gasteiger partial charge on any atom is 0.264 e. The summed E-state index contributed by atoms with van der Waals surface area (Å²) in [5.74, 6) is -0.982. The third kappa shape index (κ3) is 6.89. The maximum absolute atomic E-state index is 13.8. The summed E-state index contributed by atoms with van der Waals surface area (Å²) >= 11 is 0. The van der Waals surface area contributed by atoms with Crippen LogP contribution in [0.5, 0.6) is 5.75 Å². The monoisotopic (exact) mass is 541 g/mol. The number of hydrogen-bond acceptors (Lipinski definition) is 5. The van der Waals surface area contributed by atoms with E-state index in [9.17, 15) is 22.4 Å². The summed E-state index contributed by atoms with van der Waals surface area (Å²) in [4.78, 5) is 28.0. The first-order valence-corrected chi connectivity index (χ1v) is 13.7. The molecule has 3 aromatic carbocycles. The molecule has 3 rings (SSSR count). The highest BCUT2D eigenvalue weighted by molar-refractivity contribution is 7.92. The van der Waals surface area contributed by atoms with Crippen LogP contribution >= 0.6 is 0 Å². The number of nitrogens with zero attached hydrogens (tertiary/aromatic N) is 2. The average molecular weight is 542 g/mol. The first-order valence-electron chi connectivity index (χ1n) is 12.2. The Morgan fingerprint density at radius 3 is 2.13 bits per heavy atom. The molecule has 3 aromatic rings. The van der Waals surface area contributed by atoms with Crippen LogP contribution in [0.3, 0.4) is 0 Å². The minimum Gasteiger partial charge on any atom is -0.497 e. The lowest BCUT2D eigenvalue weighted by Crippen LogP contribution is -2.52. The Morgan fingerprint density at radius 2 is 1.58 bits per heavy atom. The van der Waals surface area contributed by atoms with E-state index in [1.54, 1.807) is 13.8 Å². The van der Waals surface area contributed by atoms with Gasteiger partial charge in [0.1, 0.15) is 24.2 Å². The van der Waals surface area contributed by atoms with Gasteiger partial charge in [0.15, 0.2) is 0 Å². The van der Waals surface area contributed by atoms with Gasteiger partial charge in [-0.15, -0.1) is 0 Å². The van der Waals surface area contributed by atoms with Crippen molar-refractivity contribution in [2.24, 2.45) is 0 Å². The Hall–Kier alpha value is -3.92. The molecular weight excluding hydrogens is 509 g/mol. The van der Waals surface area contributed by atoms with Crippen LogP contribution in [-0.2, 0) is 26.2 Å². The molecule has 0 saturated carbocycles. The predicted molar refractivity (Wildman–Crippen MR) is 144 cm³/mol. The number of methoxy groups -OCH3 is 1. The Labute approximate surface area is 223 Å². The van der Waals surface area contributed by atoms with E-state index < -0.39 is 34.3 Å². The lowest BCUT2D eigenvalue weighted by atomic mass is 10.1. The number of ether oxygens (including phenoxy) is 1. The van der Waals surface area contributed by atoms with E-state index in [0.29, 0.717) is 18.7 Å². The number of sulfonamides is 1. The molecule has 0 aliphatic heterocycles. The molecule has 8 nitrogen and oxygen atoms in total. The van der Waals surface area contributed by atoms with Gasteiger partial charge in [0, 0.05) is 13.1 Å². The van der Waals surface area contributed by atoms with E-state index in [1.165, 1.54) is 48.4 Å². The van der Waals surface area contributed by atoms with Crippen molar-refractivity contribution in [3.05, 3.63) is 90.2 Å². The van der Waals surface area contributed by atoms with Gasteiger partial charge in [0.2, 0.25) is 11.8 Å². The molecule has 0 unspecified atom stereocenters. The zero-order chi connectivity index (χ0) is 27.7. The van der Waals surface area contributed by atoms with Crippen LogP contribution < -0.4 is 14.4 Å². The molecule has 0 aromatic heterocycles. The van der Waals surface area contributed by atoms with Gasteiger partial charge in [0.05, 0.1) is 17.7 Å². The molecule has 0 bridgehead atoms. The summed E-state index contributed by atoms with van der Waals surface area (Å²) in [5.41, 5.74) is 0.899. The van der Waals surface area contributed by atoms with Gasteiger partial charge in [-0.2, -0.15) is 0 Å². The summed E-state index contributed by atoms with van der Waals surface area (Å²) in [5, 5.41) is 2.76. The molecule has 0 spiro atoms. The van der Waals surface area contributed by atoms with Crippen molar-refractivity contribution in [3.8, 4) is 5.75 Å². The maximum atomic E-state index is 13.8. The van der Waals surface area contributed by atoms with Gasteiger partial charge in [-0.1, -0.05) is 37.3 Å². The number of nitrogens with one attached hydrogen (secondary N) is 1. The van der Waals surface area contributed by atoms with Crippen LogP contribution in [0.25, 0.3) is 0 Å². The Balaban J connectivity index is 2.04. The predicted octanol–water partition coefficient (Wildman–Crippen LogP) is 3.97. The second-order valence-corrected chi connectivity index (χ2v) is 10.4. The third-order valence-electron chi connectivity index (χ3n) is 5.97. The number of carbonyl (C=O) groups excluding carboxylic acids is 2. The molecule has 0 heterocycles. The fraction of sp³-hybridized carbons (Fsp3) is 0.286. The molecular formula is C28H32FN3O5S. The lowest BCUT2D eigenvalue weighted by molar-refractivity contribution is -0.140. The van der Waals surface area contributed by atoms with Crippen molar-refractivity contribution in [1.29, 1.82) is 0 Å². The smallest absolute Gasteiger partial charge is 0.264 e. The number of anilines is 1. The van der Waals surface area contributed by atoms with E-state index in [2.05, 4.69) is 5.32 Å². The number of carbonyl (C=O) groups is 2. The van der Waals surface area contributed by atoms with E-state index in [0.717, 1.165) is 22.0 Å². The number of hydrogen-bond donors (Lipinski definition) is 1. The second-order valence-electron chi connectivity index (χ2n) is 8.49. The number of amides is 2. The highest BCUT2D eigenvalue weighted by Gasteiger charge is 2.33. The first kappa shape index (κ1) is 28.6. The van der Waals surface area contributed by atoms with Crippen LogP contribution in [0.4, 0.5) is 10.1 Å². The molecule has 0 saturated heterocycles. The number of rotatable bonds is 12. The second kappa shape index (κ2) is 13.0. The van der Waals surface area contributed by atoms with E-state index in [1.807, 2.05) is 30.3 Å². The normalized spacial score (nSPS) is 11.9. The molecule has 38 heavy (non-hydrogen) atoms. The SMILES string of the molecule is CCNC(=O)[C@@H](CC)N(Cc1ccccc1)C(=O)CN(c1ccc(F)cc1)S(=O)(=O)c1ccc(OC)cc1. The molecule has 0 radical (unpaired) electrons. The van der Waals surface area contributed by atoms with E-state index in [-0.39, 0.29) is 23.0 Å². The molecule has 1 N–H and O–H groups in total. The number of halogens is 1. The van der Waals surface area contributed by atoms with Crippen molar-refractivity contribution in [2.75, 3.05) is 24.5 Å². The van der Waals surface area contributed by atoms with Crippen LogP contribution in [0.1, 0.15) is 25.8 Å². The lowest BCUT2D eigenvalue weighted by Gasteiger charge is -2.33. The molecule has 0 fully saturated rings. The quantitative estimate of drug-likeness (QED) is 0.374. The van der Waals surface area contributed by atoms with Crippen molar-refractivity contribution < 1.29 is 27.1 Å². The van der Waals surface area contributed by atoms with Crippen LogP contribution in [0, 0.1) is 5.82 Å². The summed E-state index contributed by atoms with van der Waals surface area (Å²) in [6, 6.07) is 18.9. The van der Waals surface area contributed by atoms with Gasteiger partial charge in [-0.25, -0.2) is 12.8 Å². The zero-order valence-electron chi connectivity index (χ0n) is 21.6. The topological polar surface area (TPSA) is 96.0 Å². The van der Waals surface area contributed by atoms with Crippen molar-refractivity contribution in [3.63, 3.8) is 0 Å². The fourth-order valence-corrected chi connectivity index (χ4v) is 5.42. The van der Waals surface area contributed by atoms with Crippen molar-refractivity contribution in [2.45, 2.75) is 37.8 Å². The van der Waals surface area contributed by atoms with Crippen LogP contribution in [-0.4, -0.2) is 51.4 Å². The summed E-state index contributed by atoms with van der Waals surface area (Å²) in [6.07, 6.45) is 0.326. The minimum absolute atomic E-state index is 0.0687. The summed E-state index contributed by atoms with van der Waals surface area (Å²) in [7, 11) is -2.78. The Morgan fingerprint density at radius 1 is 0.947 bits per heavy atom. The molecule has 202 valence electrons. The van der Waals surface area contributed by atoms with Gasteiger partial charge in [-0.3, -0.25) is 13.9 Å². The van der Waals surface area contributed by atoms with Crippen LogP contribution in [0.2, 0.25) is 0 Å².